The monoisotopic (exact) mass is 853 g/mol. The van der Waals surface area contributed by atoms with E-state index in [9.17, 15) is 0 Å². The van der Waals surface area contributed by atoms with Gasteiger partial charge in [-0.15, -0.1) is 11.3 Å². The first kappa shape index (κ1) is 37.0. The number of thiophene rings is 1. The summed E-state index contributed by atoms with van der Waals surface area (Å²) in [5.41, 5.74) is 21.7. The van der Waals surface area contributed by atoms with Gasteiger partial charge < -0.3 is 4.90 Å². The maximum absolute atomic E-state index is 2.59. The van der Waals surface area contributed by atoms with Crippen LogP contribution in [0.4, 0.5) is 17.1 Å². The van der Waals surface area contributed by atoms with Gasteiger partial charge in [0, 0.05) is 48.1 Å². The molecule has 1 aromatic heterocycles. The van der Waals surface area contributed by atoms with E-state index in [1.807, 2.05) is 11.3 Å². The number of nitrogens with zero attached hydrogens (tertiary/aromatic N) is 1. The van der Waals surface area contributed by atoms with E-state index in [1.54, 1.807) is 11.1 Å². The summed E-state index contributed by atoms with van der Waals surface area (Å²) in [7, 11) is 0. The Labute approximate surface area is 386 Å². The van der Waals surface area contributed by atoms with E-state index in [0.29, 0.717) is 11.3 Å². The van der Waals surface area contributed by atoms with Gasteiger partial charge in [-0.3, -0.25) is 0 Å². The minimum atomic E-state index is 0.105. The molecule has 9 aromatic rings. The SMILES string of the molecule is C[C@H]1CC23C[C@@H]2C[C@H](C3)[C@@]12c1ccccc1-c1cc(-c3ccc4c(c3)sc3ccc(N(c5ccc(-c6ccccc6)cc5)c5ccc6c(c5)C5(CCCC5)c5ccccc5-6)cc34)ccc12. The predicted molar refractivity (Wildman–Crippen MR) is 273 cm³/mol. The third-order valence-electron chi connectivity index (χ3n) is 18.1. The van der Waals surface area contributed by atoms with Gasteiger partial charge in [-0.05, 0) is 183 Å². The van der Waals surface area contributed by atoms with Crippen molar-refractivity contribution in [2.45, 2.75) is 69.1 Å². The number of anilines is 3. The maximum atomic E-state index is 2.59. The molecule has 6 aliphatic carbocycles. The van der Waals surface area contributed by atoms with Crippen LogP contribution in [0.3, 0.4) is 0 Å². The smallest absolute Gasteiger partial charge is 0.0468 e. The Morgan fingerprint density at radius 1 is 0.446 bits per heavy atom. The topological polar surface area (TPSA) is 3.24 Å². The minimum Gasteiger partial charge on any atom is -0.310 e. The Morgan fingerprint density at radius 3 is 1.92 bits per heavy atom. The van der Waals surface area contributed by atoms with Crippen molar-refractivity contribution in [2.75, 3.05) is 4.90 Å². The van der Waals surface area contributed by atoms with Crippen LogP contribution in [0.2, 0.25) is 0 Å². The summed E-state index contributed by atoms with van der Waals surface area (Å²) in [5, 5.41) is 2.66. The molecular weight excluding hydrogens is 803 g/mol. The van der Waals surface area contributed by atoms with Crippen LogP contribution in [-0.2, 0) is 10.8 Å². The highest BCUT2D eigenvalue weighted by atomic mass is 32.1. The first-order valence-electron chi connectivity index (χ1n) is 24.4. The summed E-state index contributed by atoms with van der Waals surface area (Å²) in [4.78, 5) is 2.51. The number of hydrogen-bond donors (Lipinski definition) is 0. The number of benzene rings is 8. The number of fused-ring (bicyclic) bond motifs is 15. The summed E-state index contributed by atoms with van der Waals surface area (Å²) < 4.78 is 2.68. The van der Waals surface area contributed by atoms with Crippen LogP contribution < -0.4 is 4.90 Å². The molecule has 2 bridgehead atoms. The van der Waals surface area contributed by atoms with Crippen LogP contribution >= 0.6 is 11.3 Å². The zero-order valence-corrected chi connectivity index (χ0v) is 37.8. The summed E-state index contributed by atoms with van der Waals surface area (Å²) in [6.45, 7) is 2.59. The molecule has 1 heterocycles. The van der Waals surface area contributed by atoms with Crippen LogP contribution in [0, 0.1) is 23.2 Å². The van der Waals surface area contributed by atoms with Crippen LogP contribution in [0.1, 0.15) is 80.5 Å². The molecule has 1 unspecified atom stereocenters. The molecule has 314 valence electrons. The van der Waals surface area contributed by atoms with Crippen LogP contribution in [-0.4, -0.2) is 0 Å². The van der Waals surface area contributed by atoms with E-state index >= 15 is 0 Å². The van der Waals surface area contributed by atoms with Crippen LogP contribution in [0.25, 0.3) is 64.7 Å². The molecule has 0 N–H and O–H groups in total. The molecule has 6 aliphatic rings. The molecule has 0 saturated heterocycles. The largest absolute Gasteiger partial charge is 0.310 e. The average Bonchev–Trinajstić information content (AvgIpc) is 3.90. The lowest BCUT2D eigenvalue weighted by Gasteiger charge is -2.48. The van der Waals surface area contributed by atoms with Crippen molar-refractivity contribution < 1.29 is 0 Å². The number of rotatable bonds is 5. The van der Waals surface area contributed by atoms with Gasteiger partial charge in [-0.1, -0.05) is 141 Å². The van der Waals surface area contributed by atoms with Crippen LogP contribution in [0.5, 0.6) is 0 Å². The Hall–Kier alpha value is -6.22. The molecule has 0 radical (unpaired) electrons. The second kappa shape index (κ2) is 13.2. The van der Waals surface area contributed by atoms with Gasteiger partial charge >= 0.3 is 0 Å². The lowest BCUT2D eigenvalue weighted by Crippen LogP contribution is -2.44. The first-order valence-corrected chi connectivity index (χ1v) is 25.2. The van der Waals surface area contributed by atoms with Gasteiger partial charge in [0.2, 0.25) is 0 Å². The van der Waals surface area contributed by atoms with E-state index in [0.717, 1.165) is 11.8 Å². The maximum Gasteiger partial charge on any atom is 0.0468 e. The van der Waals surface area contributed by atoms with Gasteiger partial charge in [0.15, 0.2) is 0 Å². The van der Waals surface area contributed by atoms with Crippen molar-refractivity contribution in [3.63, 3.8) is 0 Å². The summed E-state index contributed by atoms with van der Waals surface area (Å²) in [5.74, 6) is 2.42. The van der Waals surface area contributed by atoms with Gasteiger partial charge in [-0.2, -0.15) is 0 Å². The highest BCUT2D eigenvalue weighted by Crippen LogP contribution is 2.78. The third kappa shape index (κ3) is 4.99. The van der Waals surface area contributed by atoms with Crippen molar-refractivity contribution in [3.8, 4) is 44.5 Å². The molecule has 2 heteroatoms. The normalized spacial score (nSPS) is 24.6. The Bertz CT molecular complexity index is 3440. The van der Waals surface area contributed by atoms with E-state index in [1.165, 1.54) is 144 Å². The lowest BCUT2D eigenvalue weighted by atomic mass is 9.55. The second-order valence-corrected chi connectivity index (χ2v) is 22.1. The van der Waals surface area contributed by atoms with E-state index in [2.05, 4.69) is 188 Å². The van der Waals surface area contributed by atoms with Gasteiger partial charge in [-0.25, -0.2) is 0 Å². The van der Waals surface area contributed by atoms with Gasteiger partial charge in [0.25, 0.3) is 0 Å². The van der Waals surface area contributed by atoms with E-state index < -0.39 is 0 Å². The summed E-state index contributed by atoms with van der Waals surface area (Å²) in [6, 6.07) is 68.0. The minimum absolute atomic E-state index is 0.105. The highest BCUT2D eigenvalue weighted by molar-refractivity contribution is 7.25. The van der Waals surface area contributed by atoms with Crippen molar-refractivity contribution in [1.29, 1.82) is 0 Å². The van der Waals surface area contributed by atoms with E-state index in [-0.39, 0.29) is 10.8 Å². The third-order valence-corrected chi connectivity index (χ3v) is 19.2. The first-order chi connectivity index (χ1) is 32.0. The Kier molecular flexibility index (Phi) is 7.53. The molecule has 5 atom stereocenters. The average molecular weight is 854 g/mol. The molecule has 0 aliphatic heterocycles. The Morgan fingerprint density at radius 2 is 1.08 bits per heavy atom. The number of hydrogen-bond acceptors (Lipinski definition) is 2. The van der Waals surface area contributed by atoms with Crippen LogP contribution in [0.15, 0.2) is 176 Å². The molecule has 65 heavy (non-hydrogen) atoms. The highest BCUT2D eigenvalue weighted by Gasteiger charge is 2.70. The van der Waals surface area contributed by atoms with Crippen molar-refractivity contribution in [2.24, 2.45) is 23.2 Å². The quantitative estimate of drug-likeness (QED) is 0.167. The van der Waals surface area contributed by atoms with Crippen molar-refractivity contribution in [1.82, 2.24) is 0 Å². The molecule has 1 nitrogen and oxygen atoms in total. The molecule has 4 saturated carbocycles. The molecule has 4 fully saturated rings. The lowest BCUT2D eigenvalue weighted by molar-refractivity contribution is 0.130. The van der Waals surface area contributed by atoms with Gasteiger partial charge in [0.1, 0.15) is 0 Å². The predicted octanol–water partition coefficient (Wildman–Crippen LogP) is 17.4. The summed E-state index contributed by atoms with van der Waals surface area (Å²) >= 11 is 1.93. The molecule has 3 spiro atoms. The zero-order chi connectivity index (χ0) is 42.6. The van der Waals surface area contributed by atoms with Crippen molar-refractivity contribution in [3.05, 3.63) is 198 Å². The molecular formula is C63H51NS. The molecule has 0 amide bonds. The fourth-order valence-corrected chi connectivity index (χ4v) is 16.5. The van der Waals surface area contributed by atoms with E-state index in [4.69, 9.17) is 0 Å². The standard InChI is InChI=1S/C63H51NS/c1-39-36-61-37-44(61)33-45(38-61)63(39)56-16-8-6-14-50(56)53-31-42(20-27-57(53)63)43-19-25-52-54-34-47(24-28-59(54)65-60(52)32-43)64(46-21-17-41(18-22-46)40-11-3-2-4-12-40)48-23-26-51-49-13-5-7-15-55(49)62(58(51)35-48)29-9-10-30-62/h2-8,11-28,31-32,34-35,39,44-45H,9-10,29-30,33,36-38H2,1H3/t39-,44-,45+,61?,63+/m0/s1. The zero-order valence-electron chi connectivity index (χ0n) is 37.0. The van der Waals surface area contributed by atoms with Gasteiger partial charge in [0.05, 0.1) is 0 Å². The summed E-state index contributed by atoms with van der Waals surface area (Å²) in [6.07, 6.45) is 10.8. The Balaban J connectivity index is 0.835. The molecule has 15 rings (SSSR count). The van der Waals surface area contributed by atoms with Crippen molar-refractivity contribution >= 4 is 48.6 Å². The molecule has 8 aromatic carbocycles. The fourth-order valence-electron chi connectivity index (χ4n) is 15.4. The second-order valence-electron chi connectivity index (χ2n) is 21.0. The fraction of sp³-hybridized carbons (Fsp3) is 0.238.